The van der Waals surface area contributed by atoms with E-state index in [0.717, 1.165) is 0 Å². The minimum absolute atomic E-state index is 0.114. The lowest BCUT2D eigenvalue weighted by Crippen LogP contribution is -2.16. The summed E-state index contributed by atoms with van der Waals surface area (Å²) in [5.41, 5.74) is 18.5. The fourth-order valence-corrected chi connectivity index (χ4v) is 11.3. The highest BCUT2D eigenvalue weighted by Crippen LogP contribution is 2.56. The van der Waals surface area contributed by atoms with Gasteiger partial charge in [-0.15, -0.1) is 0 Å². The van der Waals surface area contributed by atoms with Crippen LogP contribution in [-0.4, -0.2) is 0 Å². The van der Waals surface area contributed by atoms with Gasteiger partial charge in [-0.05, 0) is 133 Å². The molecule has 0 nitrogen and oxygen atoms in total. The molecule has 58 heavy (non-hydrogen) atoms. The third-order valence-electron chi connectivity index (χ3n) is 13.8. The molecule has 0 N–H and O–H groups in total. The Labute approximate surface area is 340 Å². The molecular weight excluding hydrogens is 697 g/mol. The Balaban J connectivity index is 1.10. The maximum absolute atomic E-state index is 2.53. The van der Waals surface area contributed by atoms with Gasteiger partial charge in [-0.1, -0.05) is 198 Å². The van der Waals surface area contributed by atoms with Gasteiger partial charge in [0.25, 0.3) is 0 Å². The molecule has 0 fully saturated rings. The molecule has 274 valence electrons. The summed E-state index contributed by atoms with van der Waals surface area (Å²) in [6.45, 7) is 9.62. The van der Waals surface area contributed by atoms with Crippen LogP contribution in [0.1, 0.15) is 49.9 Å². The van der Waals surface area contributed by atoms with Crippen LogP contribution in [0.3, 0.4) is 0 Å². The molecule has 10 aromatic carbocycles. The van der Waals surface area contributed by atoms with E-state index in [2.05, 4.69) is 210 Å². The van der Waals surface area contributed by atoms with Crippen LogP contribution >= 0.6 is 0 Å². The second kappa shape index (κ2) is 11.9. The van der Waals surface area contributed by atoms with Crippen LogP contribution in [-0.2, 0) is 10.8 Å². The molecule has 0 atom stereocenters. The van der Waals surface area contributed by atoms with Crippen molar-refractivity contribution >= 4 is 43.1 Å². The summed E-state index contributed by atoms with van der Waals surface area (Å²) in [6, 6.07) is 68.6. The summed E-state index contributed by atoms with van der Waals surface area (Å²) in [5.74, 6) is 0. The van der Waals surface area contributed by atoms with Crippen molar-refractivity contribution in [3.8, 4) is 55.6 Å². The fourth-order valence-electron chi connectivity index (χ4n) is 11.3. The first-order chi connectivity index (χ1) is 28.3. The van der Waals surface area contributed by atoms with Crippen LogP contribution in [0.2, 0.25) is 0 Å². The monoisotopic (exact) mass is 738 g/mol. The van der Waals surface area contributed by atoms with Crippen LogP contribution < -0.4 is 0 Å². The molecule has 0 aromatic heterocycles. The van der Waals surface area contributed by atoms with Gasteiger partial charge in [0.1, 0.15) is 0 Å². The summed E-state index contributed by atoms with van der Waals surface area (Å²) in [7, 11) is 0. The second-order valence-electron chi connectivity index (χ2n) is 17.5. The molecule has 0 saturated heterocycles. The molecule has 10 aromatic rings. The largest absolute Gasteiger partial charge is 0.0619 e. The maximum atomic E-state index is 2.53. The molecule has 0 saturated carbocycles. The lowest BCUT2D eigenvalue weighted by atomic mass is 9.77. The summed E-state index contributed by atoms with van der Waals surface area (Å²) >= 11 is 0. The molecular formula is C58H42. The number of fused-ring (bicyclic) bond motifs is 12. The lowest BCUT2D eigenvalue weighted by molar-refractivity contribution is 0.661. The predicted octanol–water partition coefficient (Wildman–Crippen LogP) is 15.9. The maximum Gasteiger partial charge on any atom is 0.0171 e. The van der Waals surface area contributed by atoms with Crippen molar-refractivity contribution in [3.63, 3.8) is 0 Å². The van der Waals surface area contributed by atoms with Crippen molar-refractivity contribution in [1.82, 2.24) is 0 Å². The Morgan fingerprint density at radius 2 is 0.793 bits per heavy atom. The highest BCUT2D eigenvalue weighted by molar-refractivity contribution is 6.24. The Hall–Kier alpha value is -6.76. The highest BCUT2D eigenvalue weighted by Gasteiger charge is 2.39. The van der Waals surface area contributed by atoms with Gasteiger partial charge < -0.3 is 0 Å². The van der Waals surface area contributed by atoms with E-state index in [-0.39, 0.29) is 10.8 Å². The Kier molecular flexibility index (Phi) is 6.84. The topological polar surface area (TPSA) is 0 Å². The van der Waals surface area contributed by atoms with E-state index in [9.17, 15) is 0 Å². The van der Waals surface area contributed by atoms with Crippen LogP contribution in [0.15, 0.2) is 182 Å². The normalized spacial score (nSPS) is 14.5. The van der Waals surface area contributed by atoms with Crippen LogP contribution in [0, 0.1) is 0 Å². The summed E-state index contributed by atoms with van der Waals surface area (Å²) in [6.07, 6.45) is 0. The van der Waals surface area contributed by atoms with Gasteiger partial charge in [0.05, 0.1) is 0 Å². The third kappa shape index (κ3) is 4.41. The zero-order valence-corrected chi connectivity index (χ0v) is 33.3. The van der Waals surface area contributed by atoms with Crippen LogP contribution in [0.25, 0.3) is 98.7 Å². The number of hydrogen-bond acceptors (Lipinski definition) is 0. The van der Waals surface area contributed by atoms with E-state index in [4.69, 9.17) is 0 Å². The SMILES string of the molecule is CC1(C)c2ccccc2-c2c1cc(-c1c3ccccc3c(-c3cccc(-c4cccc5c4C(C)(C)c4c-5ccc5ccccc45)c3)c3ccccc13)c1ccccc21. The van der Waals surface area contributed by atoms with Crippen LogP contribution in [0.5, 0.6) is 0 Å². The van der Waals surface area contributed by atoms with Gasteiger partial charge in [-0.2, -0.15) is 0 Å². The van der Waals surface area contributed by atoms with E-state index in [1.54, 1.807) is 0 Å². The van der Waals surface area contributed by atoms with Crippen molar-refractivity contribution in [3.05, 3.63) is 204 Å². The summed E-state index contributed by atoms with van der Waals surface area (Å²) in [4.78, 5) is 0. The molecule has 0 unspecified atom stereocenters. The van der Waals surface area contributed by atoms with Gasteiger partial charge in [0.15, 0.2) is 0 Å². The average Bonchev–Trinajstić information content (AvgIpc) is 3.65. The van der Waals surface area contributed by atoms with E-state index in [1.807, 2.05) is 0 Å². The molecule has 12 rings (SSSR count). The Bertz CT molecular complexity index is 3330. The minimum atomic E-state index is -0.159. The first-order valence-corrected chi connectivity index (χ1v) is 20.7. The van der Waals surface area contributed by atoms with Gasteiger partial charge >= 0.3 is 0 Å². The van der Waals surface area contributed by atoms with Gasteiger partial charge in [-0.3, -0.25) is 0 Å². The number of benzene rings is 10. The molecule has 2 aliphatic carbocycles. The van der Waals surface area contributed by atoms with Crippen LogP contribution in [0.4, 0.5) is 0 Å². The molecule has 0 aliphatic heterocycles. The summed E-state index contributed by atoms with van der Waals surface area (Å²) < 4.78 is 0. The van der Waals surface area contributed by atoms with Crippen molar-refractivity contribution in [2.75, 3.05) is 0 Å². The van der Waals surface area contributed by atoms with Crippen molar-refractivity contribution in [1.29, 1.82) is 0 Å². The first kappa shape index (κ1) is 33.4. The van der Waals surface area contributed by atoms with Crippen molar-refractivity contribution < 1.29 is 0 Å². The minimum Gasteiger partial charge on any atom is -0.0619 e. The number of hydrogen-bond donors (Lipinski definition) is 0. The zero-order valence-electron chi connectivity index (χ0n) is 33.3. The first-order valence-electron chi connectivity index (χ1n) is 20.7. The molecule has 0 amide bonds. The summed E-state index contributed by atoms with van der Waals surface area (Å²) in [5, 5.41) is 10.4. The standard InChI is InChI=1S/C58H42/c1-57(2)50-30-14-13-27-48(50)54-41-22-8-7-21-40(41)49(34-51(54)57)53-44-25-11-9-23-42(44)52(43-24-10-12-26-45(43)53)37-19-15-18-36(33-37)39-28-16-29-46-47-32-31-35-17-5-6-20-38(35)55(47)58(3,4)56(39)46/h5-34H,1-4H3. The number of rotatable bonds is 3. The van der Waals surface area contributed by atoms with Gasteiger partial charge in [0.2, 0.25) is 0 Å². The van der Waals surface area contributed by atoms with Gasteiger partial charge in [0, 0.05) is 10.8 Å². The third-order valence-corrected chi connectivity index (χ3v) is 13.8. The van der Waals surface area contributed by atoms with Gasteiger partial charge in [-0.25, -0.2) is 0 Å². The smallest absolute Gasteiger partial charge is 0.0171 e. The Morgan fingerprint density at radius 1 is 0.276 bits per heavy atom. The highest BCUT2D eigenvalue weighted by atomic mass is 14.4. The molecule has 0 radical (unpaired) electrons. The fraction of sp³-hybridized carbons (Fsp3) is 0.103. The molecule has 0 heteroatoms. The van der Waals surface area contributed by atoms with E-state index in [1.165, 1.54) is 121 Å². The molecule has 0 bridgehead atoms. The Morgan fingerprint density at radius 3 is 1.52 bits per heavy atom. The zero-order chi connectivity index (χ0) is 38.9. The quantitative estimate of drug-likeness (QED) is 0.158. The van der Waals surface area contributed by atoms with E-state index >= 15 is 0 Å². The van der Waals surface area contributed by atoms with E-state index < -0.39 is 0 Å². The average molecular weight is 739 g/mol. The predicted molar refractivity (Wildman–Crippen MR) is 248 cm³/mol. The van der Waals surface area contributed by atoms with Crippen molar-refractivity contribution in [2.24, 2.45) is 0 Å². The second-order valence-corrected chi connectivity index (χ2v) is 17.5. The molecule has 0 heterocycles. The lowest BCUT2D eigenvalue weighted by Gasteiger charge is -2.26. The molecule has 2 aliphatic rings. The molecule has 0 spiro atoms. The van der Waals surface area contributed by atoms with Crippen molar-refractivity contribution in [2.45, 2.75) is 38.5 Å². The van der Waals surface area contributed by atoms with E-state index in [0.29, 0.717) is 0 Å².